The molecule has 7 nitrogen and oxygen atoms in total. The molecule has 0 aliphatic carbocycles. The van der Waals surface area contributed by atoms with Gasteiger partial charge in [0.15, 0.2) is 0 Å². The van der Waals surface area contributed by atoms with Gasteiger partial charge in [0.2, 0.25) is 0 Å². The lowest BCUT2D eigenvalue weighted by molar-refractivity contribution is -0.146. The van der Waals surface area contributed by atoms with Crippen LogP contribution < -0.4 is 0 Å². The molecule has 0 saturated carbocycles. The van der Waals surface area contributed by atoms with Crippen LogP contribution in [0.2, 0.25) is 0 Å². The van der Waals surface area contributed by atoms with Crippen molar-refractivity contribution in [3.05, 3.63) is 33.1 Å². The highest BCUT2D eigenvalue weighted by molar-refractivity contribution is 9.10. The Labute approximate surface area is 160 Å². The predicted octanol–water partition coefficient (Wildman–Crippen LogP) is 2.67. The molecule has 1 atom stereocenters. The molecule has 10 heteroatoms. The van der Waals surface area contributed by atoms with Crippen LogP contribution in [0.15, 0.2) is 27.6 Å². The Morgan fingerprint density at radius 3 is 2.60 bits per heavy atom. The van der Waals surface area contributed by atoms with Crippen LogP contribution in [0.25, 0.3) is 6.08 Å². The smallest absolute Gasteiger partial charge is 0.326 e. The molecule has 2 rings (SSSR count). The lowest BCUT2D eigenvalue weighted by Crippen LogP contribution is -2.44. The Kier molecular flexibility index (Phi) is 6.20. The molecule has 1 heterocycles. The Morgan fingerprint density at radius 1 is 1.36 bits per heavy atom. The number of nitrogens with zero attached hydrogens (tertiary/aromatic N) is 1. The monoisotopic (exact) mass is 445 g/mol. The van der Waals surface area contributed by atoms with E-state index in [0.29, 0.717) is 10.0 Å². The first-order valence-electron chi connectivity index (χ1n) is 6.91. The molecule has 0 spiro atoms. The molecule has 1 aliphatic heterocycles. The maximum Gasteiger partial charge on any atom is 0.326 e. The van der Waals surface area contributed by atoms with Crippen LogP contribution in [0, 0.1) is 0 Å². The number of phenolic OH excluding ortho intramolecular Hbond substituents is 1. The van der Waals surface area contributed by atoms with Crippen molar-refractivity contribution in [1.82, 2.24) is 4.90 Å². The number of aromatic hydroxyl groups is 1. The fourth-order valence-electron chi connectivity index (χ4n) is 2.14. The molecule has 3 N–H and O–H groups in total. The molecule has 1 fully saturated rings. The number of hydrogen-bond acceptors (Lipinski definition) is 6. The van der Waals surface area contributed by atoms with Crippen LogP contribution >= 0.6 is 39.9 Å². The van der Waals surface area contributed by atoms with Gasteiger partial charge in [-0.25, -0.2) is 4.79 Å². The summed E-state index contributed by atoms with van der Waals surface area (Å²) in [7, 11) is 0. The van der Waals surface area contributed by atoms with E-state index in [-0.39, 0.29) is 21.4 Å². The summed E-state index contributed by atoms with van der Waals surface area (Å²) < 4.78 is 0.508. The number of aliphatic carboxylic acids is 2. The van der Waals surface area contributed by atoms with Gasteiger partial charge in [0.1, 0.15) is 16.1 Å². The Hall–Kier alpha value is -1.91. The van der Waals surface area contributed by atoms with Crippen molar-refractivity contribution >= 4 is 68.2 Å². The molecule has 1 amide bonds. The molecule has 0 unspecified atom stereocenters. The maximum absolute atomic E-state index is 12.5. The summed E-state index contributed by atoms with van der Waals surface area (Å²) in [6, 6.07) is 3.30. The zero-order valence-electron chi connectivity index (χ0n) is 12.5. The van der Waals surface area contributed by atoms with E-state index >= 15 is 0 Å². The molecule has 1 aromatic rings. The summed E-state index contributed by atoms with van der Waals surface area (Å²) in [4.78, 5) is 35.8. The van der Waals surface area contributed by atoms with Crippen LogP contribution in [0.3, 0.4) is 0 Å². The van der Waals surface area contributed by atoms with Crippen molar-refractivity contribution in [3.63, 3.8) is 0 Å². The standard InChI is InChI=1S/C15H12BrNO6S2/c16-8-5-7(1-3-10(8)18)6-11-13(21)17(15(24)25-11)9(14(22)23)2-4-12(19)20/h1,3,5-6,9,18H,2,4H2,(H,19,20)(H,22,23)/b11-6-/t9-/m0/s1. The van der Waals surface area contributed by atoms with Crippen molar-refractivity contribution in [2.24, 2.45) is 0 Å². The normalized spacial score (nSPS) is 17.2. The first-order valence-corrected chi connectivity index (χ1v) is 8.92. The molecule has 0 aromatic heterocycles. The van der Waals surface area contributed by atoms with Crippen molar-refractivity contribution in [2.45, 2.75) is 18.9 Å². The summed E-state index contributed by atoms with van der Waals surface area (Å²) in [5.74, 6) is -3.01. The maximum atomic E-state index is 12.5. The number of hydrogen-bond donors (Lipinski definition) is 3. The number of carboxylic acid groups (broad SMARTS) is 2. The van der Waals surface area contributed by atoms with Crippen molar-refractivity contribution in [2.75, 3.05) is 0 Å². The number of phenols is 1. The SMILES string of the molecule is O=C(O)CC[C@@H](C(=O)O)N1C(=O)/C(=C/c2ccc(O)c(Br)c2)SC1=S. The first kappa shape index (κ1) is 19.4. The van der Waals surface area contributed by atoms with Gasteiger partial charge in [0, 0.05) is 6.42 Å². The van der Waals surface area contributed by atoms with Gasteiger partial charge in [-0.3, -0.25) is 14.5 Å². The molecular weight excluding hydrogens is 434 g/mol. The van der Waals surface area contributed by atoms with Gasteiger partial charge in [-0.2, -0.15) is 0 Å². The molecule has 0 radical (unpaired) electrons. The second-order valence-electron chi connectivity index (χ2n) is 5.05. The van der Waals surface area contributed by atoms with E-state index in [1.54, 1.807) is 12.1 Å². The number of carboxylic acids is 2. The Bertz CT molecular complexity index is 794. The number of thiocarbonyl (C=S) groups is 1. The molecule has 25 heavy (non-hydrogen) atoms. The van der Waals surface area contributed by atoms with Crippen LogP contribution in [0.5, 0.6) is 5.75 Å². The minimum Gasteiger partial charge on any atom is -0.507 e. The number of thioether (sulfide) groups is 1. The summed E-state index contributed by atoms with van der Waals surface area (Å²) >= 11 is 9.22. The third kappa shape index (κ3) is 4.59. The van der Waals surface area contributed by atoms with Crippen LogP contribution in [0.4, 0.5) is 0 Å². The highest BCUT2D eigenvalue weighted by atomic mass is 79.9. The zero-order chi connectivity index (χ0) is 18.7. The minimum atomic E-state index is -1.33. The molecule has 0 bridgehead atoms. The average molecular weight is 446 g/mol. The molecular formula is C15H12BrNO6S2. The van der Waals surface area contributed by atoms with E-state index in [1.807, 2.05) is 0 Å². The van der Waals surface area contributed by atoms with E-state index in [9.17, 15) is 24.6 Å². The summed E-state index contributed by atoms with van der Waals surface area (Å²) in [5, 5.41) is 27.6. The Morgan fingerprint density at radius 2 is 2.04 bits per heavy atom. The van der Waals surface area contributed by atoms with Crippen molar-refractivity contribution in [3.8, 4) is 5.75 Å². The second-order valence-corrected chi connectivity index (χ2v) is 7.58. The minimum absolute atomic E-state index is 0.0457. The molecule has 132 valence electrons. The van der Waals surface area contributed by atoms with Gasteiger partial charge in [-0.05, 0) is 46.1 Å². The number of halogens is 1. The summed E-state index contributed by atoms with van der Waals surface area (Å²) in [5.41, 5.74) is 0.614. The third-order valence-electron chi connectivity index (χ3n) is 3.32. The van der Waals surface area contributed by atoms with E-state index in [0.717, 1.165) is 16.7 Å². The van der Waals surface area contributed by atoms with Gasteiger partial charge in [0.25, 0.3) is 5.91 Å². The highest BCUT2D eigenvalue weighted by Crippen LogP contribution is 2.35. The summed E-state index contributed by atoms with van der Waals surface area (Å²) in [6.45, 7) is 0. The van der Waals surface area contributed by atoms with Gasteiger partial charge >= 0.3 is 11.9 Å². The van der Waals surface area contributed by atoms with E-state index in [4.69, 9.17) is 17.3 Å². The Balaban J connectivity index is 2.28. The topological polar surface area (TPSA) is 115 Å². The van der Waals surface area contributed by atoms with Gasteiger partial charge < -0.3 is 15.3 Å². The quantitative estimate of drug-likeness (QED) is 0.452. The van der Waals surface area contributed by atoms with Crippen LogP contribution in [0.1, 0.15) is 18.4 Å². The second kappa shape index (κ2) is 7.98. The van der Waals surface area contributed by atoms with Crippen molar-refractivity contribution in [1.29, 1.82) is 0 Å². The predicted molar refractivity (Wildman–Crippen MR) is 99.1 cm³/mol. The van der Waals surface area contributed by atoms with Gasteiger partial charge in [-0.15, -0.1) is 0 Å². The number of carbonyl (C=O) groups excluding carboxylic acids is 1. The molecule has 1 aromatic carbocycles. The van der Waals surface area contributed by atoms with Crippen LogP contribution in [-0.4, -0.2) is 48.4 Å². The van der Waals surface area contributed by atoms with Crippen molar-refractivity contribution < 1.29 is 29.7 Å². The lowest BCUT2D eigenvalue weighted by atomic mass is 10.1. The highest BCUT2D eigenvalue weighted by Gasteiger charge is 2.40. The van der Waals surface area contributed by atoms with E-state index in [1.165, 1.54) is 12.1 Å². The zero-order valence-corrected chi connectivity index (χ0v) is 15.7. The van der Waals surface area contributed by atoms with E-state index < -0.39 is 30.3 Å². The average Bonchev–Trinajstić information content (AvgIpc) is 2.78. The van der Waals surface area contributed by atoms with Gasteiger partial charge in [-0.1, -0.05) is 30.0 Å². The number of carbonyl (C=O) groups is 3. The number of benzene rings is 1. The molecule has 1 aliphatic rings. The lowest BCUT2D eigenvalue weighted by Gasteiger charge is -2.22. The van der Waals surface area contributed by atoms with Gasteiger partial charge in [0.05, 0.1) is 9.38 Å². The third-order valence-corrected chi connectivity index (χ3v) is 5.29. The number of amides is 1. The fraction of sp³-hybridized carbons (Fsp3) is 0.200. The van der Waals surface area contributed by atoms with Crippen LogP contribution in [-0.2, 0) is 14.4 Å². The fourth-order valence-corrected chi connectivity index (χ4v) is 3.89. The first-order chi connectivity index (χ1) is 11.7. The largest absolute Gasteiger partial charge is 0.507 e. The molecule has 1 saturated heterocycles. The van der Waals surface area contributed by atoms with E-state index in [2.05, 4.69) is 15.9 Å². The summed E-state index contributed by atoms with van der Waals surface area (Å²) in [6.07, 6.45) is 0.896. The number of rotatable bonds is 6.